The number of rotatable bonds is 7. The first-order valence-corrected chi connectivity index (χ1v) is 9.13. The van der Waals surface area contributed by atoms with Gasteiger partial charge in [0.1, 0.15) is 11.4 Å². The lowest BCUT2D eigenvalue weighted by Crippen LogP contribution is -2.37. The van der Waals surface area contributed by atoms with Crippen molar-refractivity contribution >= 4 is 17.7 Å². The second-order valence-electron chi connectivity index (χ2n) is 6.93. The van der Waals surface area contributed by atoms with Crippen molar-refractivity contribution in [1.82, 2.24) is 9.88 Å². The standard InChI is InChI=1S/C21H24N2O5/c1-12-18(13(2)22-19(12)21(26)28-4)17(24)11-23(15-7-8-15)20(25)14-5-9-16(27-3)10-6-14/h5-6,9-10,15,22H,7-8,11H2,1-4H3. The van der Waals surface area contributed by atoms with Gasteiger partial charge >= 0.3 is 5.97 Å². The highest BCUT2D eigenvalue weighted by Crippen LogP contribution is 2.29. The number of hydrogen-bond acceptors (Lipinski definition) is 5. The second-order valence-corrected chi connectivity index (χ2v) is 6.93. The molecular weight excluding hydrogens is 360 g/mol. The van der Waals surface area contributed by atoms with Gasteiger partial charge in [-0.3, -0.25) is 9.59 Å². The van der Waals surface area contributed by atoms with E-state index in [4.69, 9.17) is 9.47 Å². The van der Waals surface area contributed by atoms with E-state index in [1.165, 1.54) is 7.11 Å². The summed E-state index contributed by atoms with van der Waals surface area (Å²) >= 11 is 0. The van der Waals surface area contributed by atoms with Crippen LogP contribution in [0.25, 0.3) is 0 Å². The van der Waals surface area contributed by atoms with Crippen LogP contribution in [-0.4, -0.2) is 54.3 Å². The summed E-state index contributed by atoms with van der Waals surface area (Å²) in [7, 11) is 2.86. The maximum atomic E-state index is 13.0. The number of amides is 1. The molecule has 1 fully saturated rings. The lowest BCUT2D eigenvalue weighted by molar-refractivity contribution is 0.0593. The third-order valence-electron chi connectivity index (χ3n) is 5.01. The summed E-state index contributed by atoms with van der Waals surface area (Å²) in [5.74, 6) is -0.236. The average molecular weight is 384 g/mol. The van der Waals surface area contributed by atoms with Gasteiger partial charge in [0.25, 0.3) is 5.91 Å². The number of benzene rings is 1. The van der Waals surface area contributed by atoms with E-state index in [1.807, 2.05) is 0 Å². The zero-order valence-electron chi connectivity index (χ0n) is 16.5. The predicted molar refractivity (Wildman–Crippen MR) is 103 cm³/mol. The number of carbonyl (C=O) groups excluding carboxylic acids is 3. The Balaban J connectivity index is 1.83. The summed E-state index contributed by atoms with van der Waals surface area (Å²) < 4.78 is 9.88. The van der Waals surface area contributed by atoms with Crippen LogP contribution < -0.4 is 4.74 Å². The van der Waals surface area contributed by atoms with Crippen molar-refractivity contribution in [2.24, 2.45) is 0 Å². The monoisotopic (exact) mass is 384 g/mol. The normalized spacial score (nSPS) is 13.1. The van der Waals surface area contributed by atoms with Crippen LogP contribution in [0, 0.1) is 13.8 Å². The predicted octanol–water partition coefficient (Wildman–Crippen LogP) is 2.91. The Hall–Kier alpha value is -3.09. The first kappa shape index (κ1) is 19.7. The number of methoxy groups -OCH3 is 2. The van der Waals surface area contributed by atoms with Gasteiger partial charge in [-0.1, -0.05) is 0 Å². The van der Waals surface area contributed by atoms with E-state index < -0.39 is 5.97 Å². The SMILES string of the molecule is COC(=O)c1[nH]c(C)c(C(=O)CN(C(=O)c2ccc(OC)cc2)C2CC2)c1C. The summed E-state index contributed by atoms with van der Waals surface area (Å²) in [5.41, 5.74) is 2.35. The Morgan fingerprint density at radius 1 is 1.11 bits per heavy atom. The molecule has 148 valence electrons. The fraction of sp³-hybridized carbons (Fsp3) is 0.381. The van der Waals surface area contributed by atoms with E-state index in [-0.39, 0.29) is 30.0 Å². The van der Waals surface area contributed by atoms with Crippen molar-refractivity contribution in [3.8, 4) is 5.75 Å². The molecular formula is C21H24N2O5. The molecule has 0 spiro atoms. The molecule has 1 aliphatic carbocycles. The summed E-state index contributed by atoms with van der Waals surface area (Å²) in [6.45, 7) is 3.41. The molecule has 28 heavy (non-hydrogen) atoms. The Bertz CT molecular complexity index is 910. The minimum Gasteiger partial charge on any atom is -0.497 e. The van der Waals surface area contributed by atoms with Gasteiger partial charge in [-0.2, -0.15) is 0 Å². The molecule has 3 rings (SSSR count). The third kappa shape index (κ3) is 3.78. The Labute approximate surface area is 163 Å². The van der Waals surface area contributed by atoms with Crippen molar-refractivity contribution in [3.63, 3.8) is 0 Å². The van der Waals surface area contributed by atoms with E-state index in [2.05, 4.69) is 4.98 Å². The molecule has 0 unspecified atom stereocenters. The van der Waals surface area contributed by atoms with E-state index >= 15 is 0 Å². The molecule has 1 saturated carbocycles. The van der Waals surface area contributed by atoms with Gasteiger partial charge in [0, 0.05) is 22.9 Å². The van der Waals surface area contributed by atoms with Crippen LogP contribution in [0.5, 0.6) is 5.75 Å². The van der Waals surface area contributed by atoms with Crippen LogP contribution in [0.1, 0.15) is 55.3 Å². The van der Waals surface area contributed by atoms with Crippen LogP contribution in [-0.2, 0) is 4.74 Å². The van der Waals surface area contributed by atoms with E-state index in [0.717, 1.165) is 12.8 Å². The number of hydrogen-bond donors (Lipinski definition) is 1. The fourth-order valence-electron chi connectivity index (χ4n) is 3.36. The Morgan fingerprint density at radius 3 is 2.29 bits per heavy atom. The molecule has 1 aromatic carbocycles. The fourth-order valence-corrected chi connectivity index (χ4v) is 3.36. The number of ketones is 1. The average Bonchev–Trinajstić information content (AvgIpc) is 3.49. The zero-order chi connectivity index (χ0) is 20.4. The van der Waals surface area contributed by atoms with Crippen LogP contribution in [0.2, 0.25) is 0 Å². The zero-order valence-corrected chi connectivity index (χ0v) is 16.5. The number of nitrogens with zero attached hydrogens (tertiary/aromatic N) is 1. The molecule has 1 aromatic heterocycles. The third-order valence-corrected chi connectivity index (χ3v) is 5.01. The molecule has 0 atom stereocenters. The minimum atomic E-state index is -0.520. The molecule has 0 radical (unpaired) electrons. The van der Waals surface area contributed by atoms with E-state index in [1.54, 1.807) is 50.1 Å². The maximum absolute atomic E-state index is 13.0. The van der Waals surface area contributed by atoms with Gasteiger partial charge in [0.15, 0.2) is 5.78 Å². The highest BCUT2D eigenvalue weighted by atomic mass is 16.5. The minimum absolute atomic E-state index is 0.0321. The number of Topliss-reactive ketones (excluding diaryl/α,β-unsaturated/α-hetero) is 1. The Morgan fingerprint density at radius 2 is 1.75 bits per heavy atom. The summed E-state index contributed by atoms with van der Waals surface area (Å²) in [6, 6.07) is 6.91. The van der Waals surface area contributed by atoms with E-state index in [0.29, 0.717) is 28.1 Å². The largest absolute Gasteiger partial charge is 0.497 e. The van der Waals surface area contributed by atoms with Gasteiger partial charge in [-0.15, -0.1) is 0 Å². The molecule has 0 aliphatic heterocycles. The molecule has 1 N–H and O–H groups in total. The van der Waals surface area contributed by atoms with E-state index in [9.17, 15) is 14.4 Å². The molecule has 7 nitrogen and oxygen atoms in total. The highest BCUT2D eigenvalue weighted by Gasteiger charge is 2.35. The van der Waals surface area contributed by atoms with Gasteiger partial charge in [-0.05, 0) is 56.5 Å². The number of aromatic nitrogens is 1. The second kappa shape index (κ2) is 7.88. The van der Waals surface area contributed by atoms with Crippen LogP contribution in [0.15, 0.2) is 24.3 Å². The van der Waals surface area contributed by atoms with Crippen molar-refractivity contribution in [2.75, 3.05) is 20.8 Å². The van der Waals surface area contributed by atoms with Gasteiger partial charge in [0.2, 0.25) is 0 Å². The maximum Gasteiger partial charge on any atom is 0.354 e. The van der Waals surface area contributed by atoms with Crippen molar-refractivity contribution in [2.45, 2.75) is 32.7 Å². The number of aryl methyl sites for hydroxylation is 1. The van der Waals surface area contributed by atoms with Crippen molar-refractivity contribution in [1.29, 1.82) is 0 Å². The van der Waals surface area contributed by atoms with Crippen LogP contribution in [0.4, 0.5) is 0 Å². The van der Waals surface area contributed by atoms with Crippen LogP contribution in [0.3, 0.4) is 0 Å². The molecule has 1 heterocycles. The molecule has 0 saturated heterocycles. The molecule has 0 bridgehead atoms. The van der Waals surface area contributed by atoms with Crippen molar-refractivity contribution < 1.29 is 23.9 Å². The summed E-state index contributed by atoms with van der Waals surface area (Å²) in [4.78, 5) is 42.4. The Kier molecular flexibility index (Phi) is 5.53. The number of aromatic amines is 1. The molecule has 7 heteroatoms. The molecule has 2 aromatic rings. The lowest BCUT2D eigenvalue weighted by atomic mass is 10.0. The first-order valence-electron chi connectivity index (χ1n) is 9.13. The lowest BCUT2D eigenvalue weighted by Gasteiger charge is -2.22. The number of carbonyl (C=O) groups is 3. The number of nitrogens with one attached hydrogen (secondary N) is 1. The molecule has 1 amide bonds. The number of ether oxygens (including phenoxy) is 2. The first-order chi connectivity index (χ1) is 13.4. The van der Waals surface area contributed by atoms with Gasteiger partial charge in [-0.25, -0.2) is 4.79 Å². The van der Waals surface area contributed by atoms with Crippen LogP contribution >= 0.6 is 0 Å². The van der Waals surface area contributed by atoms with Gasteiger partial charge < -0.3 is 19.4 Å². The number of H-pyrrole nitrogens is 1. The van der Waals surface area contributed by atoms with Gasteiger partial charge in [0.05, 0.1) is 20.8 Å². The molecule has 1 aliphatic rings. The topological polar surface area (TPSA) is 88.7 Å². The summed E-state index contributed by atoms with van der Waals surface area (Å²) in [5, 5.41) is 0. The van der Waals surface area contributed by atoms with Crippen molar-refractivity contribution in [3.05, 3.63) is 52.3 Å². The smallest absolute Gasteiger partial charge is 0.354 e. The number of esters is 1. The quantitative estimate of drug-likeness (QED) is 0.586. The summed E-state index contributed by atoms with van der Waals surface area (Å²) in [6.07, 6.45) is 1.77. The highest BCUT2D eigenvalue weighted by molar-refractivity contribution is 6.06.